The molecule has 9 heteroatoms. The molecule has 1 atom stereocenters. The quantitative estimate of drug-likeness (QED) is 0.707. The van der Waals surface area contributed by atoms with Gasteiger partial charge in [-0.05, 0) is 42.5 Å². The van der Waals surface area contributed by atoms with Crippen molar-refractivity contribution in [2.75, 3.05) is 30.7 Å². The second-order valence-corrected chi connectivity index (χ2v) is 7.36. The van der Waals surface area contributed by atoms with E-state index in [-0.39, 0.29) is 18.4 Å². The normalized spacial score (nSPS) is 15.2. The van der Waals surface area contributed by atoms with Crippen LogP contribution < -0.4 is 10.1 Å². The van der Waals surface area contributed by atoms with Gasteiger partial charge in [0.1, 0.15) is 11.8 Å². The molecule has 0 bridgehead atoms. The van der Waals surface area contributed by atoms with E-state index in [9.17, 15) is 14.4 Å². The maximum absolute atomic E-state index is 13.0. The van der Waals surface area contributed by atoms with Crippen LogP contribution >= 0.6 is 11.8 Å². The number of nitriles is 1. The number of carbonyl (C=O) groups excluding carboxylic acids is 3. The summed E-state index contributed by atoms with van der Waals surface area (Å²) in [5, 5.41) is 11.7. The van der Waals surface area contributed by atoms with E-state index in [2.05, 4.69) is 10.1 Å². The zero-order valence-electron chi connectivity index (χ0n) is 16.2. The van der Waals surface area contributed by atoms with Crippen molar-refractivity contribution < 1.29 is 23.9 Å². The van der Waals surface area contributed by atoms with Gasteiger partial charge in [0.15, 0.2) is 6.61 Å². The number of rotatable bonds is 6. The third kappa shape index (κ3) is 5.10. The fourth-order valence-corrected chi connectivity index (χ4v) is 3.95. The molecule has 0 spiro atoms. The van der Waals surface area contributed by atoms with E-state index in [1.54, 1.807) is 42.5 Å². The summed E-state index contributed by atoms with van der Waals surface area (Å²) in [5.41, 5.74) is 1.41. The number of esters is 1. The number of hydrogen-bond donors (Lipinski definition) is 1. The molecule has 2 aromatic rings. The maximum atomic E-state index is 13.0. The SMILES string of the molecule is COC(=O)COc1cccc(C(=O)N2CSCC2C(=O)Nc2ccc(C#N)cc2)c1. The molecule has 154 valence electrons. The molecule has 1 heterocycles. The van der Waals surface area contributed by atoms with Gasteiger partial charge in [-0.25, -0.2) is 4.79 Å². The molecule has 2 amide bonds. The molecule has 1 N–H and O–H groups in total. The topological polar surface area (TPSA) is 109 Å². The molecular formula is C21H19N3O5S. The number of amides is 2. The summed E-state index contributed by atoms with van der Waals surface area (Å²) in [7, 11) is 1.26. The van der Waals surface area contributed by atoms with Crippen LogP contribution in [0.5, 0.6) is 5.75 Å². The summed E-state index contributed by atoms with van der Waals surface area (Å²) >= 11 is 1.49. The Morgan fingerprint density at radius 1 is 1.23 bits per heavy atom. The molecule has 0 aromatic heterocycles. The van der Waals surface area contributed by atoms with E-state index in [0.717, 1.165) is 0 Å². The average molecular weight is 425 g/mol. The van der Waals surface area contributed by atoms with Gasteiger partial charge in [-0.2, -0.15) is 5.26 Å². The summed E-state index contributed by atoms with van der Waals surface area (Å²) in [6.07, 6.45) is 0. The zero-order chi connectivity index (χ0) is 21.5. The monoisotopic (exact) mass is 425 g/mol. The van der Waals surface area contributed by atoms with Crippen LogP contribution in [0.4, 0.5) is 5.69 Å². The summed E-state index contributed by atoms with van der Waals surface area (Å²) in [6, 6.07) is 14.4. The van der Waals surface area contributed by atoms with Crippen molar-refractivity contribution >= 4 is 35.2 Å². The number of ether oxygens (including phenoxy) is 2. The predicted molar refractivity (Wildman–Crippen MR) is 111 cm³/mol. The molecule has 1 saturated heterocycles. The molecule has 3 rings (SSSR count). The Kier molecular flexibility index (Phi) is 6.93. The highest BCUT2D eigenvalue weighted by atomic mass is 32.2. The molecule has 8 nitrogen and oxygen atoms in total. The van der Waals surface area contributed by atoms with Crippen LogP contribution in [-0.2, 0) is 14.3 Å². The number of carbonyl (C=O) groups is 3. The van der Waals surface area contributed by atoms with Gasteiger partial charge < -0.3 is 19.7 Å². The van der Waals surface area contributed by atoms with Crippen LogP contribution in [0.2, 0.25) is 0 Å². The Labute approximate surface area is 177 Å². The third-order valence-corrected chi connectivity index (χ3v) is 5.40. The van der Waals surface area contributed by atoms with E-state index >= 15 is 0 Å². The standard InChI is InChI=1S/C21H19N3O5S/c1-28-19(25)11-29-17-4-2-3-15(9-17)21(27)24-13-30-12-18(24)20(26)23-16-7-5-14(10-22)6-8-16/h2-9,18H,11-13H2,1H3,(H,23,26). The lowest BCUT2D eigenvalue weighted by Crippen LogP contribution is -2.44. The van der Waals surface area contributed by atoms with Gasteiger partial charge in [-0.15, -0.1) is 11.8 Å². The number of hydrogen-bond acceptors (Lipinski definition) is 7. The number of nitrogens with zero attached hydrogens (tertiary/aromatic N) is 2. The maximum Gasteiger partial charge on any atom is 0.343 e. The lowest BCUT2D eigenvalue weighted by molar-refractivity contribution is -0.142. The highest BCUT2D eigenvalue weighted by Gasteiger charge is 2.35. The van der Waals surface area contributed by atoms with Crippen LogP contribution in [0.1, 0.15) is 15.9 Å². The van der Waals surface area contributed by atoms with Gasteiger partial charge in [-0.1, -0.05) is 6.07 Å². The van der Waals surface area contributed by atoms with Crippen molar-refractivity contribution in [2.45, 2.75) is 6.04 Å². The van der Waals surface area contributed by atoms with Crippen molar-refractivity contribution in [3.05, 3.63) is 59.7 Å². The van der Waals surface area contributed by atoms with Gasteiger partial charge >= 0.3 is 5.97 Å². The van der Waals surface area contributed by atoms with Crippen LogP contribution in [0.3, 0.4) is 0 Å². The summed E-state index contributed by atoms with van der Waals surface area (Å²) in [6.45, 7) is -0.261. The van der Waals surface area contributed by atoms with Crippen molar-refractivity contribution in [2.24, 2.45) is 0 Å². The highest BCUT2D eigenvalue weighted by molar-refractivity contribution is 7.99. The van der Waals surface area contributed by atoms with Crippen LogP contribution in [0.25, 0.3) is 0 Å². The first-order valence-corrected chi connectivity index (χ1v) is 10.2. The van der Waals surface area contributed by atoms with Crippen LogP contribution in [-0.4, -0.2) is 54.1 Å². The first kappa shape index (κ1) is 21.2. The van der Waals surface area contributed by atoms with E-state index in [4.69, 9.17) is 10.00 Å². The van der Waals surface area contributed by atoms with Gasteiger partial charge in [0, 0.05) is 17.0 Å². The predicted octanol–water partition coefficient (Wildman–Crippen LogP) is 2.26. The molecule has 2 aromatic carbocycles. The largest absolute Gasteiger partial charge is 0.482 e. The number of anilines is 1. The molecule has 1 unspecified atom stereocenters. The minimum Gasteiger partial charge on any atom is -0.482 e. The average Bonchev–Trinajstić information content (AvgIpc) is 3.27. The van der Waals surface area contributed by atoms with E-state index in [1.165, 1.54) is 29.8 Å². The smallest absolute Gasteiger partial charge is 0.343 e. The highest BCUT2D eigenvalue weighted by Crippen LogP contribution is 2.25. The zero-order valence-corrected chi connectivity index (χ0v) is 17.0. The van der Waals surface area contributed by atoms with Gasteiger partial charge in [-0.3, -0.25) is 9.59 Å². The first-order valence-electron chi connectivity index (χ1n) is 9.01. The molecule has 0 saturated carbocycles. The Morgan fingerprint density at radius 3 is 2.70 bits per heavy atom. The van der Waals surface area contributed by atoms with E-state index in [1.807, 2.05) is 6.07 Å². The Bertz CT molecular complexity index is 987. The van der Waals surface area contributed by atoms with Gasteiger partial charge in [0.2, 0.25) is 5.91 Å². The summed E-state index contributed by atoms with van der Waals surface area (Å²) in [4.78, 5) is 38.5. The molecule has 30 heavy (non-hydrogen) atoms. The fraction of sp³-hybridized carbons (Fsp3) is 0.238. The molecule has 0 aliphatic carbocycles. The van der Waals surface area contributed by atoms with Crippen LogP contribution in [0, 0.1) is 11.3 Å². The number of thioether (sulfide) groups is 1. The Hall–Kier alpha value is -3.51. The van der Waals surface area contributed by atoms with Crippen molar-refractivity contribution in [1.82, 2.24) is 4.90 Å². The molecule has 1 fully saturated rings. The Morgan fingerprint density at radius 2 is 2.00 bits per heavy atom. The van der Waals surface area contributed by atoms with Gasteiger partial charge in [0.05, 0.1) is 24.6 Å². The summed E-state index contributed by atoms with van der Waals surface area (Å²) < 4.78 is 9.86. The lowest BCUT2D eigenvalue weighted by atomic mass is 10.1. The number of methoxy groups -OCH3 is 1. The molecular weight excluding hydrogens is 406 g/mol. The number of nitrogens with one attached hydrogen (secondary N) is 1. The Balaban J connectivity index is 1.68. The van der Waals surface area contributed by atoms with Crippen molar-refractivity contribution in [3.8, 4) is 11.8 Å². The molecule has 1 aliphatic rings. The van der Waals surface area contributed by atoms with Crippen LogP contribution in [0.15, 0.2) is 48.5 Å². The second-order valence-electron chi connectivity index (χ2n) is 6.36. The minimum absolute atomic E-state index is 0.261. The number of benzene rings is 2. The van der Waals surface area contributed by atoms with Crippen molar-refractivity contribution in [1.29, 1.82) is 5.26 Å². The lowest BCUT2D eigenvalue weighted by Gasteiger charge is -2.23. The fourth-order valence-electron chi connectivity index (χ4n) is 2.80. The molecule has 0 radical (unpaired) electrons. The molecule has 1 aliphatic heterocycles. The van der Waals surface area contributed by atoms with E-state index < -0.39 is 12.0 Å². The van der Waals surface area contributed by atoms with Gasteiger partial charge in [0.25, 0.3) is 5.91 Å². The second kappa shape index (κ2) is 9.80. The van der Waals surface area contributed by atoms with Crippen molar-refractivity contribution in [3.63, 3.8) is 0 Å². The third-order valence-electron chi connectivity index (χ3n) is 4.39. The summed E-state index contributed by atoms with van der Waals surface area (Å²) in [5.74, 6) is 0.0998. The minimum atomic E-state index is -0.627. The first-order chi connectivity index (χ1) is 14.5. The van der Waals surface area contributed by atoms with E-state index in [0.29, 0.717) is 34.2 Å².